The van der Waals surface area contributed by atoms with E-state index in [-0.39, 0.29) is 24.6 Å². The lowest BCUT2D eigenvalue weighted by Gasteiger charge is -2.21. The quantitative estimate of drug-likeness (QED) is 0.0506. The van der Waals surface area contributed by atoms with Crippen LogP contribution in [0.3, 0.4) is 0 Å². The Hall–Kier alpha value is -1.14. The van der Waals surface area contributed by atoms with Crippen molar-refractivity contribution in [2.45, 2.75) is 219 Å². The summed E-state index contributed by atoms with van der Waals surface area (Å²) in [6.45, 7) is 10.4. The van der Waals surface area contributed by atoms with Gasteiger partial charge in [-0.15, -0.1) is 0 Å². The Morgan fingerprint density at radius 2 is 1.04 bits per heavy atom. The third-order valence-corrected chi connectivity index (χ3v) is 11.9. The van der Waals surface area contributed by atoms with E-state index in [1.165, 1.54) is 109 Å². The molecular formula is C45H85NO5. The molecule has 2 fully saturated rings. The van der Waals surface area contributed by atoms with E-state index in [9.17, 15) is 14.7 Å². The Morgan fingerprint density at radius 1 is 0.549 bits per heavy atom. The highest BCUT2D eigenvalue weighted by molar-refractivity contribution is 5.69. The summed E-state index contributed by atoms with van der Waals surface area (Å²) < 4.78 is 11.5. The first-order valence-electron chi connectivity index (χ1n) is 22.7. The molecule has 51 heavy (non-hydrogen) atoms. The molecule has 2 saturated carbocycles. The topological polar surface area (TPSA) is 76.1 Å². The first-order valence-corrected chi connectivity index (χ1v) is 22.7. The van der Waals surface area contributed by atoms with E-state index < -0.39 is 0 Å². The minimum atomic E-state index is -0.0296. The molecule has 5 atom stereocenters. The number of unbranched alkanes of at least 4 members (excludes halogenated alkanes) is 15. The monoisotopic (exact) mass is 720 g/mol. The third-order valence-electron chi connectivity index (χ3n) is 11.9. The van der Waals surface area contributed by atoms with Crippen molar-refractivity contribution in [1.29, 1.82) is 0 Å². The second-order valence-corrected chi connectivity index (χ2v) is 16.7. The summed E-state index contributed by atoms with van der Waals surface area (Å²) in [5.74, 6) is 3.66. The van der Waals surface area contributed by atoms with E-state index in [0.717, 1.165) is 114 Å². The van der Waals surface area contributed by atoms with Gasteiger partial charge >= 0.3 is 11.9 Å². The van der Waals surface area contributed by atoms with Crippen molar-refractivity contribution in [3.63, 3.8) is 0 Å². The van der Waals surface area contributed by atoms with Crippen molar-refractivity contribution in [2.75, 3.05) is 32.8 Å². The van der Waals surface area contributed by atoms with E-state index in [2.05, 4.69) is 25.7 Å². The number of hydrogen-bond acceptors (Lipinski definition) is 6. The SMILES string of the molecule is CCCCCCCCCOC(=O)CCCCCCCN(CCO)CCCCCCCC(=O)OC(CCC1CC1CCC)CCC1CC1CCCC. The molecule has 0 aliphatic heterocycles. The number of nitrogens with zero attached hydrogens (tertiary/aromatic N) is 1. The number of rotatable bonds is 38. The van der Waals surface area contributed by atoms with Crippen LogP contribution in [-0.4, -0.2) is 60.9 Å². The van der Waals surface area contributed by atoms with Gasteiger partial charge in [0.2, 0.25) is 0 Å². The van der Waals surface area contributed by atoms with Crippen LogP contribution in [0, 0.1) is 23.7 Å². The largest absolute Gasteiger partial charge is 0.466 e. The molecule has 0 heterocycles. The lowest BCUT2D eigenvalue weighted by molar-refractivity contribution is -0.150. The smallest absolute Gasteiger partial charge is 0.306 e. The van der Waals surface area contributed by atoms with Crippen LogP contribution in [0.15, 0.2) is 0 Å². The van der Waals surface area contributed by atoms with Gasteiger partial charge in [-0.1, -0.05) is 130 Å². The van der Waals surface area contributed by atoms with Crippen LogP contribution in [0.5, 0.6) is 0 Å². The Labute approximate surface area is 316 Å². The number of ether oxygens (including phenoxy) is 2. The number of hydrogen-bond donors (Lipinski definition) is 1. The van der Waals surface area contributed by atoms with Gasteiger partial charge in [-0.3, -0.25) is 9.59 Å². The number of aliphatic hydroxyl groups excluding tert-OH is 1. The molecule has 2 rings (SSSR count). The summed E-state index contributed by atoms with van der Waals surface area (Å²) >= 11 is 0. The zero-order valence-electron chi connectivity index (χ0n) is 34.2. The van der Waals surface area contributed by atoms with Crippen LogP contribution in [0.25, 0.3) is 0 Å². The Kier molecular flexibility index (Phi) is 28.2. The lowest BCUT2D eigenvalue weighted by Crippen LogP contribution is -2.29. The fourth-order valence-electron chi connectivity index (χ4n) is 8.24. The van der Waals surface area contributed by atoms with Gasteiger partial charge in [0, 0.05) is 19.4 Å². The Balaban J connectivity index is 1.46. The highest BCUT2D eigenvalue weighted by atomic mass is 16.5. The van der Waals surface area contributed by atoms with Crippen LogP contribution >= 0.6 is 0 Å². The van der Waals surface area contributed by atoms with Gasteiger partial charge in [-0.05, 0) is 107 Å². The van der Waals surface area contributed by atoms with Gasteiger partial charge < -0.3 is 19.5 Å². The number of carbonyl (C=O) groups excluding carboxylic acids is 2. The van der Waals surface area contributed by atoms with E-state index in [1.807, 2.05) is 0 Å². The highest BCUT2D eigenvalue weighted by Gasteiger charge is 2.38. The molecule has 0 spiro atoms. The van der Waals surface area contributed by atoms with Crippen LogP contribution in [0.2, 0.25) is 0 Å². The molecule has 300 valence electrons. The Bertz CT molecular complexity index is 835. The average molecular weight is 720 g/mol. The highest BCUT2D eigenvalue weighted by Crippen LogP contribution is 2.47. The summed E-state index contributed by atoms with van der Waals surface area (Å²) in [5.41, 5.74) is 0. The molecule has 0 radical (unpaired) electrons. The van der Waals surface area contributed by atoms with E-state index in [0.29, 0.717) is 19.4 Å². The minimum absolute atomic E-state index is 0.0296. The van der Waals surface area contributed by atoms with Crippen LogP contribution in [-0.2, 0) is 19.1 Å². The molecule has 6 heteroatoms. The molecule has 0 aromatic carbocycles. The molecule has 2 aliphatic rings. The number of carbonyl (C=O) groups is 2. The maximum Gasteiger partial charge on any atom is 0.306 e. The molecule has 5 unspecified atom stereocenters. The maximum absolute atomic E-state index is 12.8. The molecule has 0 aromatic rings. The zero-order valence-corrected chi connectivity index (χ0v) is 34.2. The number of aliphatic hydroxyl groups is 1. The van der Waals surface area contributed by atoms with Gasteiger partial charge in [0.25, 0.3) is 0 Å². The van der Waals surface area contributed by atoms with Crippen LogP contribution in [0.1, 0.15) is 213 Å². The predicted molar refractivity (Wildman–Crippen MR) is 214 cm³/mol. The van der Waals surface area contributed by atoms with Gasteiger partial charge in [-0.2, -0.15) is 0 Å². The molecule has 6 nitrogen and oxygen atoms in total. The summed E-state index contributed by atoms with van der Waals surface area (Å²) in [7, 11) is 0. The average Bonchev–Trinajstić information content (AvgIpc) is 4.05. The van der Waals surface area contributed by atoms with Crippen molar-refractivity contribution >= 4 is 11.9 Å². The van der Waals surface area contributed by atoms with Crippen LogP contribution < -0.4 is 0 Å². The fraction of sp³-hybridized carbons (Fsp3) is 0.956. The van der Waals surface area contributed by atoms with Crippen LogP contribution in [0.4, 0.5) is 0 Å². The summed E-state index contributed by atoms with van der Waals surface area (Å²) in [5, 5.41) is 9.56. The molecule has 1 N–H and O–H groups in total. The third kappa shape index (κ3) is 25.5. The van der Waals surface area contributed by atoms with Gasteiger partial charge in [0.05, 0.1) is 13.2 Å². The second-order valence-electron chi connectivity index (χ2n) is 16.7. The summed E-state index contributed by atoms with van der Waals surface area (Å²) in [6, 6.07) is 0. The molecular weight excluding hydrogens is 634 g/mol. The second kappa shape index (κ2) is 31.2. The predicted octanol–water partition coefficient (Wildman–Crippen LogP) is 12.0. The molecule has 0 amide bonds. The van der Waals surface area contributed by atoms with Crippen molar-refractivity contribution in [1.82, 2.24) is 4.90 Å². The molecule has 0 aromatic heterocycles. The van der Waals surface area contributed by atoms with Crippen molar-refractivity contribution in [2.24, 2.45) is 23.7 Å². The normalized spacial score (nSPS) is 20.1. The molecule has 0 saturated heterocycles. The minimum Gasteiger partial charge on any atom is -0.466 e. The lowest BCUT2D eigenvalue weighted by atomic mass is 10.0. The van der Waals surface area contributed by atoms with Gasteiger partial charge in [-0.25, -0.2) is 0 Å². The van der Waals surface area contributed by atoms with Crippen molar-refractivity contribution in [3.05, 3.63) is 0 Å². The first kappa shape index (κ1) is 46.0. The maximum atomic E-state index is 12.8. The van der Waals surface area contributed by atoms with E-state index >= 15 is 0 Å². The van der Waals surface area contributed by atoms with E-state index in [1.54, 1.807) is 0 Å². The van der Waals surface area contributed by atoms with Gasteiger partial charge in [0.15, 0.2) is 0 Å². The van der Waals surface area contributed by atoms with E-state index in [4.69, 9.17) is 9.47 Å². The van der Waals surface area contributed by atoms with Crippen molar-refractivity contribution in [3.8, 4) is 0 Å². The van der Waals surface area contributed by atoms with Gasteiger partial charge in [0.1, 0.15) is 6.10 Å². The summed E-state index contributed by atoms with van der Waals surface area (Å²) in [6.07, 6.45) is 35.1. The molecule has 0 bridgehead atoms. The Morgan fingerprint density at radius 3 is 1.61 bits per heavy atom. The molecule has 2 aliphatic carbocycles. The number of esters is 2. The van der Waals surface area contributed by atoms with Crippen molar-refractivity contribution < 1.29 is 24.2 Å². The first-order chi connectivity index (χ1) is 25.0. The fourth-order valence-corrected chi connectivity index (χ4v) is 8.24. The standard InChI is InChI=1S/C45H85NO5/c1-4-7-9-10-11-18-23-36-50-44(48)26-19-14-12-16-21-32-46(34-35-47)33-22-17-13-15-20-27-45(49)51-43(30-28-41-37-39(41)24-6-3)31-29-42-38-40(42)25-8-5-2/h39-43,47H,4-38H2,1-3H3. The summed E-state index contributed by atoms with van der Waals surface area (Å²) in [4.78, 5) is 27.2. The zero-order chi connectivity index (χ0) is 36.8.